The lowest BCUT2D eigenvalue weighted by atomic mass is 10.1. The molecular formula is C13H14N2O3. The molecule has 0 fully saturated rings. The number of hydrogen-bond donors (Lipinski definition) is 2. The topological polar surface area (TPSA) is 75.4 Å². The Morgan fingerprint density at radius 3 is 2.83 bits per heavy atom. The van der Waals surface area contributed by atoms with Crippen LogP contribution in [0.25, 0.3) is 0 Å². The number of hydrogen-bond acceptors (Lipinski definition) is 4. The number of carbonyl (C=O) groups excluding carboxylic acids is 1. The number of benzene rings is 1. The van der Waals surface area contributed by atoms with Crippen molar-refractivity contribution >= 4 is 11.8 Å². The lowest BCUT2D eigenvalue weighted by Crippen LogP contribution is -2.14. The van der Waals surface area contributed by atoms with E-state index in [4.69, 9.17) is 4.52 Å². The van der Waals surface area contributed by atoms with Gasteiger partial charge in [-0.05, 0) is 31.5 Å². The van der Waals surface area contributed by atoms with E-state index < -0.39 is 0 Å². The Morgan fingerprint density at radius 2 is 2.22 bits per heavy atom. The number of aromatic nitrogens is 1. The van der Waals surface area contributed by atoms with Crippen LogP contribution in [-0.4, -0.2) is 16.2 Å². The zero-order chi connectivity index (χ0) is 13.1. The normalized spacial score (nSPS) is 10.3. The fraction of sp³-hybridized carbons (Fsp3) is 0.231. The van der Waals surface area contributed by atoms with Crippen molar-refractivity contribution in [2.24, 2.45) is 0 Å². The molecule has 2 N–H and O–H groups in total. The van der Waals surface area contributed by atoms with Crippen LogP contribution in [0.4, 0.5) is 5.88 Å². The quantitative estimate of drug-likeness (QED) is 0.870. The smallest absolute Gasteiger partial charge is 0.234 e. The molecular weight excluding hydrogens is 232 g/mol. The van der Waals surface area contributed by atoms with E-state index in [9.17, 15) is 9.90 Å². The van der Waals surface area contributed by atoms with Crippen LogP contribution < -0.4 is 5.32 Å². The third kappa shape index (κ3) is 2.68. The highest BCUT2D eigenvalue weighted by atomic mass is 16.5. The van der Waals surface area contributed by atoms with Crippen molar-refractivity contribution in [3.8, 4) is 5.75 Å². The second-order valence-electron chi connectivity index (χ2n) is 4.12. The van der Waals surface area contributed by atoms with Gasteiger partial charge in [-0.3, -0.25) is 10.1 Å². The second-order valence-corrected chi connectivity index (χ2v) is 4.12. The Labute approximate surface area is 104 Å². The summed E-state index contributed by atoms with van der Waals surface area (Å²) in [5.41, 5.74) is 2.31. The van der Waals surface area contributed by atoms with Crippen molar-refractivity contribution in [3.63, 3.8) is 0 Å². The predicted octanol–water partition coefficient (Wildman–Crippen LogP) is 2.18. The summed E-state index contributed by atoms with van der Waals surface area (Å²) in [5.74, 6) is 0.310. The summed E-state index contributed by atoms with van der Waals surface area (Å²) in [6, 6.07) is 6.59. The lowest BCUT2D eigenvalue weighted by Gasteiger charge is -2.03. The van der Waals surface area contributed by atoms with Crippen LogP contribution in [0.3, 0.4) is 0 Å². The Kier molecular flexibility index (Phi) is 3.32. The summed E-state index contributed by atoms with van der Waals surface area (Å²) in [4.78, 5) is 11.8. The number of phenols is 1. The van der Waals surface area contributed by atoms with Crippen LogP contribution in [0.5, 0.6) is 5.75 Å². The molecule has 2 rings (SSSR count). The van der Waals surface area contributed by atoms with Gasteiger partial charge < -0.3 is 9.63 Å². The monoisotopic (exact) mass is 246 g/mol. The van der Waals surface area contributed by atoms with Crippen LogP contribution in [0, 0.1) is 13.8 Å². The van der Waals surface area contributed by atoms with Gasteiger partial charge in [0.2, 0.25) is 11.8 Å². The fourth-order valence-corrected chi connectivity index (χ4v) is 1.55. The Morgan fingerprint density at radius 1 is 1.44 bits per heavy atom. The van der Waals surface area contributed by atoms with E-state index in [1.807, 2.05) is 13.8 Å². The highest BCUT2D eigenvalue weighted by Gasteiger charge is 2.12. The third-order valence-electron chi connectivity index (χ3n) is 2.69. The van der Waals surface area contributed by atoms with E-state index in [0.717, 1.165) is 16.8 Å². The molecule has 0 atom stereocenters. The van der Waals surface area contributed by atoms with Crippen molar-refractivity contribution in [1.29, 1.82) is 0 Å². The largest absolute Gasteiger partial charge is 0.508 e. The molecule has 1 amide bonds. The molecule has 0 radical (unpaired) electrons. The Hall–Kier alpha value is -2.30. The van der Waals surface area contributed by atoms with E-state index in [-0.39, 0.29) is 18.1 Å². The maximum absolute atomic E-state index is 11.8. The molecule has 1 aromatic heterocycles. The number of nitrogens with one attached hydrogen (secondary N) is 1. The van der Waals surface area contributed by atoms with Crippen molar-refractivity contribution in [2.75, 3.05) is 5.32 Å². The summed E-state index contributed by atoms with van der Waals surface area (Å²) in [6.07, 6.45) is 0.174. The van der Waals surface area contributed by atoms with Crippen molar-refractivity contribution in [3.05, 3.63) is 41.1 Å². The van der Waals surface area contributed by atoms with Gasteiger partial charge in [0.1, 0.15) is 5.75 Å². The average Bonchev–Trinajstić information content (AvgIpc) is 2.61. The number of nitrogens with zero attached hydrogens (tertiary/aromatic N) is 1. The minimum atomic E-state index is -0.208. The van der Waals surface area contributed by atoms with Crippen LogP contribution in [0.1, 0.15) is 16.8 Å². The summed E-state index contributed by atoms with van der Waals surface area (Å²) in [5, 5.41) is 15.7. The zero-order valence-corrected chi connectivity index (χ0v) is 10.2. The van der Waals surface area contributed by atoms with Gasteiger partial charge in [0.25, 0.3) is 0 Å². The molecule has 1 aromatic carbocycles. The average molecular weight is 246 g/mol. The zero-order valence-electron chi connectivity index (χ0n) is 10.2. The van der Waals surface area contributed by atoms with E-state index in [2.05, 4.69) is 10.5 Å². The summed E-state index contributed by atoms with van der Waals surface area (Å²) in [7, 11) is 0. The molecule has 18 heavy (non-hydrogen) atoms. The standard InChI is InChI=1S/C13H14N2O3/c1-8-9(2)15-18-13(8)14-12(17)7-10-4-3-5-11(16)6-10/h3-6,16H,7H2,1-2H3,(H,14,17). The molecule has 5 nitrogen and oxygen atoms in total. The maximum Gasteiger partial charge on any atom is 0.234 e. The van der Waals surface area contributed by atoms with Gasteiger partial charge in [0, 0.05) is 5.56 Å². The first-order chi connectivity index (χ1) is 8.56. The summed E-state index contributed by atoms with van der Waals surface area (Å²) < 4.78 is 5.00. The van der Waals surface area contributed by atoms with Gasteiger partial charge in [-0.25, -0.2) is 0 Å². The van der Waals surface area contributed by atoms with Gasteiger partial charge in [0.05, 0.1) is 12.1 Å². The van der Waals surface area contributed by atoms with Gasteiger partial charge >= 0.3 is 0 Å². The Balaban J connectivity index is 2.03. The molecule has 94 valence electrons. The molecule has 0 spiro atoms. The van der Waals surface area contributed by atoms with E-state index >= 15 is 0 Å². The van der Waals surface area contributed by atoms with Crippen LogP contribution in [-0.2, 0) is 11.2 Å². The molecule has 0 saturated carbocycles. The van der Waals surface area contributed by atoms with Gasteiger partial charge in [-0.2, -0.15) is 0 Å². The SMILES string of the molecule is Cc1noc(NC(=O)Cc2cccc(O)c2)c1C. The molecule has 5 heteroatoms. The first-order valence-corrected chi connectivity index (χ1v) is 5.57. The Bertz CT molecular complexity index is 575. The van der Waals surface area contributed by atoms with Crippen LogP contribution >= 0.6 is 0 Å². The molecule has 0 unspecified atom stereocenters. The van der Waals surface area contributed by atoms with Crippen LogP contribution in [0.2, 0.25) is 0 Å². The van der Waals surface area contributed by atoms with E-state index in [1.165, 1.54) is 0 Å². The number of anilines is 1. The number of aryl methyl sites for hydroxylation is 1. The van der Waals surface area contributed by atoms with Crippen molar-refractivity contribution in [1.82, 2.24) is 5.16 Å². The highest BCUT2D eigenvalue weighted by molar-refractivity contribution is 5.91. The minimum Gasteiger partial charge on any atom is -0.508 e. The summed E-state index contributed by atoms with van der Waals surface area (Å²) in [6.45, 7) is 3.64. The maximum atomic E-state index is 11.8. The van der Waals surface area contributed by atoms with Gasteiger partial charge in [-0.1, -0.05) is 17.3 Å². The fourth-order valence-electron chi connectivity index (χ4n) is 1.55. The highest BCUT2D eigenvalue weighted by Crippen LogP contribution is 2.18. The first kappa shape index (κ1) is 12.2. The first-order valence-electron chi connectivity index (χ1n) is 5.57. The third-order valence-corrected chi connectivity index (χ3v) is 2.69. The molecule has 0 bridgehead atoms. The minimum absolute atomic E-state index is 0.145. The van der Waals surface area contributed by atoms with Crippen molar-refractivity contribution < 1.29 is 14.4 Å². The van der Waals surface area contributed by atoms with Gasteiger partial charge in [-0.15, -0.1) is 0 Å². The summed E-state index contributed by atoms with van der Waals surface area (Å²) >= 11 is 0. The predicted molar refractivity (Wildman–Crippen MR) is 66.4 cm³/mol. The number of aromatic hydroxyl groups is 1. The molecule has 1 heterocycles. The van der Waals surface area contributed by atoms with Gasteiger partial charge in [0.15, 0.2) is 0 Å². The molecule has 0 aliphatic carbocycles. The van der Waals surface area contributed by atoms with Crippen molar-refractivity contribution in [2.45, 2.75) is 20.3 Å². The number of amides is 1. The lowest BCUT2D eigenvalue weighted by molar-refractivity contribution is -0.115. The van der Waals surface area contributed by atoms with Crippen LogP contribution in [0.15, 0.2) is 28.8 Å². The van der Waals surface area contributed by atoms with E-state index in [0.29, 0.717) is 5.88 Å². The molecule has 0 aliphatic rings. The number of rotatable bonds is 3. The molecule has 2 aromatic rings. The number of phenolic OH excluding ortho intramolecular Hbond substituents is 1. The second kappa shape index (κ2) is 4.91. The number of carbonyl (C=O) groups is 1. The molecule has 0 saturated heterocycles. The molecule has 0 aliphatic heterocycles. The van der Waals surface area contributed by atoms with E-state index in [1.54, 1.807) is 24.3 Å².